The van der Waals surface area contributed by atoms with Gasteiger partial charge in [-0.1, -0.05) is 45.0 Å². The third-order valence-electron chi connectivity index (χ3n) is 4.35. The largest absolute Gasteiger partial charge is 0.511 e. The fourth-order valence-corrected chi connectivity index (χ4v) is 2.80. The van der Waals surface area contributed by atoms with E-state index >= 15 is 0 Å². The molecule has 7 nitrogen and oxygen atoms in total. The Bertz CT molecular complexity index is 1030. The van der Waals surface area contributed by atoms with Crippen LogP contribution >= 0.6 is 0 Å². The summed E-state index contributed by atoms with van der Waals surface area (Å²) >= 11 is 0. The van der Waals surface area contributed by atoms with Gasteiger partial charge in [0.1, 0.15) is 17.3 Å². The number of hydrogen-bond donors (Lipinski definition) is 0. The molecule has 0 atom stereocenters. The molecule has 10 heteroatoms. The number of ether oxygens (including phenoxy) is 3. The average Bonchev–Trinajstić information content (AvgIpc) is 3.02. The Kier molecular flexibility index (Phi) is 7.56. The molecule has 0 amide bonds. The number of nitriles is 1. The fraction of sp³-hybridized carbons (Fsp3) is 0.409. The molecule has 0 unspecified atom stereocenters. The van der Waals surface area contributed by atoms with Crippen molar-refractivity contribution >= 4 is 17.5 Å². The molecular weight excluding hydrogens is 427 g/mol. The number of carbonyl (C=O) groups excluding carboxylic acids is 1. The third kappa shape index (κ3) is 6.77. The highest BCUT2D eigenvalue weighted by molar-refractivity contribution is 5.94. The molecule has 1 aromatic heterocycles. The lowest BCUT2D eigenvalue weighted by Gasteiger charge is -2.19. The van der Waals surface area contributed by atoms with Crippen molar-refractivity contribution in [2.45, 2.75) is 39.3 Å². The summed E-state index contributed by atoms with van der Waals surface area (Å²) in [5.74, 6) is 0.0581. The number of aromatic nitrogens is 2. The van der Waals surface area contributed by atoms with E-state index in [1.54, 1.807) is 32.2 Å². The first-order valence-corrected chi connectivity index (χ1v) is 9.57. The molecule has 2 aromatic rings. The molecule has 0 fully saturated rings. The first-order chi connectivity index (χ1) is 14.8. The number of hydrogen-bond acceptors (Lipinski definition) is 6. The first kappa shape index (κ1) is 24.8. The summed E-state index contributed by atoms with van der Waals surface area (Å²) < 4.78 is 52.0. The van der Waals surface area contributed by atoms with E-state index in [0.29, 0.717) is 17.0 Å². The smallest absolute Gasteiger partial charge is 0.454 e. The van der Waals surface area contributed by atoms with Gasteiger partial charge in [0.25, 0.3) is 0 Å². The fourth-order valence-electron chi connectivity index (χ4n) is 2.80. The molecule has 0 saturated heterocycles. The molecule has 1 aromatic carbocycles. The Morgan fingerprint density at radius 2 is 1.75 bits per heavy atom. The van der Waals surface area contributed by atoms with Gasteiger partial charge in [-0.2, -0.15) is 23.5 Å². The topological polar surface area (TPSA) is 86.4 Å². The highest BCUT2D eigenvalue weighted by Crippen LogP contribution is 2.30. The number of nitrogens with zero attached hydrogens (tertiary/aromatic N) is 3. The van der Waals surface area contributed by atoms with E-state index in [-0.39, 0.29) is 16.7 Å². The predicted molar refractivity (Wildman–Crippen MR) is 110 cm³/mol. The Hall–Kier alpha value is -3.48. The number of halogens is 3. The molecule has 0 spiro atoms. The first-order valence-electron chi connectivity index (χ1n) is 9.57. The van der Waals surface area contributed by atoms with Gasteiger partial charge in [0, 0.05) is 7.05 Å². The van der Waals surface area contributed by atoms with Crippen molar-refractivity contribution in [3.63, 3.8) is 0 Å². The van der Waals surface area contributed by atoms with Crippen molar-refractivity contribution in [3.8, 4) is 6.07 Å². The van der Waals surface area contributed by atoms with Crippen LogP contribution in [-0.2, 0) is 26.7 Å². The van der Waals surface area contributed by atoms with Crippen molar-refractivity contribution in [2.24, 2.45) is 7.05 Å². The molecule has 1 heterocycles. The van der Waals surface area contributed by atoms with Crippen molar-refractivity contribution in [1.82, 2.24) is 9.78 Å². The Morgan fingerprint density at radius 3 is 2.22 bits per heavy atom. The highest BCUT2D eigenvalue weighted by atomic mass is 19.4. The molecule has 0 aliphatic carbocycles. The lowest BCUT2D eigenvalue weighted by molar-refractivity contribution is -0.167. The van der Waals surface area contributed by atoms with Crippen molar-refractivity contribution in [2.75, 3.05) is 13.4 Å². The molecule has 0 aliphatic rings. The molecule has 0 aliphatic heterocycles. The molecule has 2 rings (SSSR count). The zero-order valence-corrected chi connectivity index (χ0v) is 18.4. The van der Waals surface area contributed by atoms with Crippen LogP contribution in [0, 0.1) is 18.3 Å². The minimum atomic E-state index is -4.68. The maximum Gasteiger partial charge on any atom is 0.511 e. The SMILES string of the molecule is Cc1cc(/C(OCOC(=O)OCC(F)(F)F)=C(\C#N)c2ccc(C(C)(C)C)cc2)n(C)n1. The summed E-state index contributed by atoms with van der Waals surface area (Å²) in [6, 6.07) is 11.1. The number of alkyl halides is 3. The zero-order chi connectivity index (χ0) is 24.1. The van der Waals surface area contributed by atoms with Crippen LogP contribution in [0.5, 0.6) is 0 Å². The van der Waals surface area contributed by atoms with Gasteiger partial charge in [-0.3, -0.25) is 4.68 Å². The number of carbonyl (C=O) groups is 1. The second-order valence-corrected chi connectivity index (χ2v) is 8.00. The van der Waals surface area contributed by atoms with Gasteiger partial charge >= 0.3 is 12.3 Å². The van der Waals surface area contributed by atoms with Gasteiger partial charge in [0.15, 0.2) is 12.4 Å². The van der Waals surface area contributed by atoms with Crippen LogP contribution in [0.4, 0.5) is 18.0 Å². The normalized spacial score (nSPS) is 12.6. The predicted octanol–water partition coefficient (Wildman–Crippen LogP) is 5.11. The lowest BCUT2D eigenvalue weighted by atomic mass is 9.86. The van der Waals surface area contributed by atoms with E-state index in [9.17, 15) is 23.2 Å². The van der Waals surface area contributed by atoms with Crippen LogP contribution in [0.1, 0.15) is 43.3 Å². The van der Waals surface area contributed by atoms with E-state index in [0.717, 1.165) is 5.56 Å². The second-order valence-electron chi connectivity index (χ2n) is 8.00. The van der Waals surface area contributed by atoms with Gasteiger partial charge < -0.3 is 14.2 Å². The molecule has 172 valence electrons. The van der Waals surface area contributed by atoms with Gasteiger partial charge in [-0.15, -0.1) is 0 Å². The van der Waals surface area contributed by atoms with E-state index in [1.165, 1.54) is 4.68 Å². The van der Waals surface area contributed by atoms with Crippen LogP contribution in [0.2, 0.25) is 0 Å². The average molecular weight is 451 g/mol. The van der Waals surface area contributed by atoms with Gasteiger partial charge in [0.2, 0.25) is 6.79 Å². The van der Waals surface area contributed by atoms with Crippen LogP contribution in [0.3, 0.4) is 0 Å². The zero-order valence-electron chi connectivity index (χ0n) is 18.4. The molecule has 32 heavy (non-hydrogen) atoms. The summed E-state index contributed by atoms with van der Waals surface area (Å²) in [4.78, 5) is 11.4. The number of aryl methyl sites for hydroxylation is 2. The van der Waals surface area contributed by atoms with Crippen LogP contribution in [-0.4, -0.2) is 35.5 Å². The maximum atomic E-state index is 12.2. The second kappa shape index (κ2) is 9.77. The van der Waals surface area contributed by atoms with Gasteiger partial charge in [-0.05, 0) is 29.5 Å². The number of rotatable bonds is 6. The summed E-state index contributed by atoms with van der Waals surface area (Å²) in [6.45, 7) is 5.39. The van der Waals surface area contributed by atoms with Crippen LogP contribution < -0.4 is 0 Å². The Balaban J connectivity index is 2.33. The van der Waals surface area contributed by atoms with Crippen molar-refractivity contribution < 1.29 is 32.2 Å². The number of benzene rings is 1. The minimum Gasteiger partial charge on any atom is -0.454 e. The summed E-state index contributed by atoms with van der Waals surface area (Å²) in [5.41, 5.74) is 2.74. The van der Waals surface area contributed by atoms with Gasteiger partial charge in [-0.25, -0.2) is 4.79 Å². The molecule has 0 saturated carbocycles. The summed E-state index contributed by atoms with van der Waals surface area (Å²) in [5, 5.41) is 14.1. The molecule has 0 bridgehead atoms. The quantitative estimate of drug-likeness (QED) is 0.263. The molecule has 0 N–H and O–H groups in total. The summed E-state index contributed by atoms with van der Waals surface area (Å²) in [6.07, 6.45) is -6.22. The maximum absolute atomic E-state index is 12.2. The Morgan fingerprint density at radius 1 is 1.12 bits per heavy atom. The Labute approximate surface area is 184 Å². The van der Waals surface area contributed by atoms with Crippen LogP contribution in [0.25, 0.3) is 11.3 Å². The molecular formula is C22H24F3N3O4. The third-order valence-corrected chi connectivity index (χ3v) is 4.35. The molecule has 0 radical (unpaired) electrons. The van der Waals surface area contributed by atoms with E-state index in [1.807, 2.05) is 12.1 Å². The van der Waals surface area contributed by atoms with Crippen molar-refractivity contribution in [3.05, 3.63) is 52.8 Å². The monoisotopic (exact) mass is 451 g/mol. The van der Waals surface area contributed by atoms with Crippen LogP contribution in [0.15, 0.2) is 30.3 Å². The van der Waals surface area contributed by atoms with E-state index in [4.69, 9.17) is 4.74 Å². The highest BCUT2D eigenvalue weighted by Gasteiger charge is 2.30. The van der Waals surface area contributed by atoms with E-state index in [2.05, 4.69) is 41.4 Å². The standard InChI is InChI=1S/C22H24F3N3O4/c1-14-10-18(28(5)27-14)19(31-13-32-20(29)30-12-22(23,24)25)17(11-26)15-6-8-16(9-7-15)21(2,3)4/h6-10H,12-13H2,1-5H3/b19-17-. The van der Waals surface area contributed by atoms with Crippen molar-refractivity contribution in [1.29, 1.82) is 5.26 Å². The number of allylic oxidation sites excluding steroid dienone is 1. The summed E-state index contributed by atoms with van der Waals surface area (Å²) in [7, 11) is 1.64. The van der Waals surface area contributed by atoms with E-state index < -0.39 is 25.7 Å². The van der Waals surface area contributed by atoms with Gasteiger partial charge in [0.05, 0.1) is 5.69 Å². The lowest BCUT2D eigenvalue weighted by Crippen LogP contribution is -2.21. The minimum absolute atomic E-state index is 0.0581.